The van der Waals surface area contributed by atoms with E-state index in [0.29, 0.717) is 41.7 Å². The summed E-state index contributed by atoms with van der Waals surface area (Å²) in [4.78, 5) is 17.2. The van der Waals surface area contributed by atoms with E-state index in [-0.39, 0.29) is 24.1 Å². The summed E-state index contributed by atoms with van der Waals surface area (Å²) in [6, 6.07) is 9.37. The maximum Gasteiger partial charge on any atom is 0.226 e. The molecular weight excluding hydrogens is 401 g/mol. The van der Waals surface area contributed by atoms with Gasteiger partial charge in [0.05, 0.1) is 31.1 Å². The normalized spacial score (nSPS) is 10.9. The summed E-state index contributed by atoms with van der Waals surface area (Å²) in [7, 11) is 1.58. The lowest BCUT2D eigenvalue weighted by Gasteiger charge is -2.13. The van der Waals surface area contributed by atoms with Crippen LogP contribution in [0, 0.1) is 5.82 Å². The van der Waals surface area contributed by atoms with Crippen LogP contribution in [0.3, 0.4) is 0 Å². The van der Waals surface area contributed by atoms with Crippen LogP contribution in [0.15, 0.2) is 47.1 Å². The fourth-order valence-corrected chi connectivity index (χ4v) is 3.09. The Hall–Kier alpha value is -3.35. The van der Waals surface area contributed by atoms with Crippen LogP contribution in [0.4, 0.5) is 4.39 Å². The van der Waals surface area contributed by atoms with Gasteiger partial charge in [0.2, 0.25) is 5.89 Å². The highest BCUT2D eigenvalue weighted by Crippen LogP contribution is 2.32. The number of carbonyl (C=O) groups excluding carboxylic acids is 1. The van der Waals surface area contributed by atoms with Gasteiger partial charge in [0, 0.05) is 24.5 Å². The topological polar surface area (TPSA) is 70.8 Å². The average molecular weight is 427 g/mol. The van der Waals surface area contributed by atoms with E-state index in [0.717, 1.165) is 5.56 Å². The first-order valence-electron chi connectivity index (χ1n) is 10.2. The van der Waals surface area contributed by atoms with Crippen LogP contribution in [0.5, 0.6) is 17.2 Å². The van der Waals surface area contributed by atoms with Crippen molar-refractivity contribution < 1.29 is 27.8 Å². The lowest BCUT2D eigenvalue weighted by atomic mass is 10.0. The molecule has 6 nitrogen and oxygen atoms in total. The number of Topliss-reactive ketones (excluding diaryl/α,β-unsaturated/α-hetero) is 1. The number of methoxy groups -OCH3 is 1. The monoisotopic (exact) mass is 427 g/mol. The molecule has 31 heavy (non-hydrogen) atoms. The van der Waals surface area contributed by atoms with Crippen molar-refractivity contribution in [2.45, 2.75) is 39.7 Å². The van der Waals surface area contributed by atoms with Crippen molar-refractivity contribution >= 4 is 5.78 Å². The van der Waals surface area contributed by atoms with Gasteiger partial charge in [0.25, 0.3) is 0 Å². The molecule has 0 aliphatic carbocycles. The van der Waals surface area contributed by atoms with Gasteiger partial charge in [0.15, 0.2) is 17.3 Å². The van der Waals surface area contributed by atoms with Gasteiger partial charge in [-0.1, -0.05) is 0 Å². The Bertz CT molecular complexity index is 1040. The second-order valence-corrected chi connectivity index (χ2v) is 7.17. The van der Waals surface area contributed by atoms with Crippen LogP contribution in [0.25, 0.3) is 11.5 Å². The predicted octanol–water partition coefficient (Wildman–Crippen LogP) is 5.49. The molecule has 0 aliphatic heterocycles. The van der Waals surface area contributed by atoms with E-state index in [4.69, 9.17) is 18.6 Å². The van der Waals surface area contributed by atoms with Crippen LogP contribution in [-0.2, 0) is 6.42 Å². The number of ether oxygens (including phenoxy) is 3. The number of ketones is 1. The summed E-state index contributed by atoms with van der Waals surface area (Å²) >= 11 is 0. The van der Waals surface area contributed by atoms with E-state index in [1.165, 1.54) is 24.5 Å². The summed E-state index contributed by atoms with van der Waals surface area (Å²) in [5.41, 5.74) is 1.74. The molecule has 0 radical (unpaired) electrons. The molecule has 2 aromatic carbocycles. The maximum atomic E-state index is 13.6. The molecule has 1 heterocycles. The minimum atomic E-state index is -0.445. The van der Waals surface area contributed by atoms with Gasteiger partial charge in [-0.15, -0.1) is 0 Å². The van der Waals surface area contributed by atoms with E-state index in [1.54, 1.807) is 19.2 Å². The molecule has 0 spiro atoms. The number of halogens is 1. The smallest absolute Gasteiger partial charge is 0.226 e. The summed E-state index contributed by atoms with van der Waals surface area (Å²) in [5, 5.41) is 0. The fraction of sp³-hybridized carbons (Fsp3) is 0.333. The number of hydrogen-bond donors (Lipinski definition) is 0. The van der Waals surface area contributed by atoms with Crippen molar-refractivity contribution in [3.63, 3.8) is 0 Å². The molecule has 0 unspecified atom stereocenters. The van der Waals surface area contributed by atoms with Gasteiger partial charge in [-0.3, -0.25) is 4.79 Å². The minimum absolute atomic E-state index is 0.150. The molecule has 0 aliphatic rings. The van der Waals surface area contributed by atoms with E-state index < -0.39 is 5.82 Å². The Morgan fingerprint density at radius 2 is 1.94 bits per heavy atom. The lowest BCUT2D eigenvalue weighted by molar-refractivity contribution is 0.0976. The standard InChI is InChI=1S/C24H26FNO5/c1-5-29-23-12-16(6-11-21(23)28-4)24-26-18(14-30-24)8-10-20(27)19-9-7-17(25)13-22(19)31-15(2)3/h6-7,9,11-15H,5,8,10H2,1-4H3. The number of benzene rings is 2. The van der Waals surface area contributed by atoms with Crippen LogP contribution in [0.2, 0.25) is 0 Å². The molecule has 0 N–H and O–H groups in total. The lowest BCUT2D eigenvalue weighted by Crippen LogP contribution is -2.11. The van der Waals surface area contributed by atoms with Crippen molar-refractivity contribution in [1.29, 1.82) is 0 Å². The molecule has 0 saturated carbocycles. The zero-order valence-corrected chi connectivity index (χ0v) is 18.1. The minimum Gasteiger partial charge on any atom is -0.493 e. The summed E-state index contributed by atoms with van der Waals surface area (Å²) in [5.74, 6) is 1.31. The number of aromatic nitrogens is 1. The molecule has 0 saturated heterocycles. The van der Waals surface area contributed by atoms with Gasteiger partial charge >= 0.3 is 0 Å². The number of nitrogens with zero attached hydrogens (tertiary/aromatic N) is 1. The molecule has 0 bridgehead atoms. The molecule has 3 aromatic rings. The first-order valence-corrected chi connectivity index (χ1v) is 10.2. The Labute approximate surface area is 181 Å². The second kappa shape index (κ2) is 10.1. The van der Waals surface area contributed by atoms with Gasteiger partial charge in [-0.25, -0.2) is 9.37 Å². The Balaban J connectivity index is 1.71. The highest BCUT2D eigenvalue weighted by molar-refractivity contribution is 5.98. The highest BCUT2D eigenvalue weighted by Gasteiger charge is 2.17. The van der Waals surface area contributed by atoms with Gasteiger partial charge in [0.1, 0.15) is 17.8 Å². The molecule has 0 amide bonds. The predicted molar refractivity (Wildman–Crippen MR) is 114 cm³/mol. The van der Waals surface area contributed by atoms with Crippen LogP contribution in [-0.4, -0.2) is 30.6 Å². The van der Waals surface area contributed by atoms with Crippen molar-refractivity contribution in [1.82, 2.24) is 4.98 Å². The Kier molecular flexibility index (Phi) is 7.28. The molecule has 0 fully saturated rings. The Morgan fingerprint density at radius 1 is 1.13 bits per heavy atom. The zero-order valence-electron chi connectivity index (χ0n) is 18.1. The second-order valence-electron chi connectivity index (χ2n) is 7.17. The first kappa shape index (κ1) is 22.3. The first-order chi connectivity index (χ1) is 14.9. The van der Waals surface area contributed by atoms with Crippen molar-refractivity contribution in [2.75, 3.05) is 13.7 Å². The van der Waals surface area contributed by atoms with E-state index in [9.17, 15) is 9.18 Å². The van der Waals surface area contributed by atoms with E-state index in [2.05, 4.69) is 4.98 Å². The van der Waals surface area contributed by atoms with Crippen LogP contribution < -0.4 is 14.2 Å². The molecule has 164 valence electrons. The molecule has 0 atom stereocenters. The van der Waals surface area contributed by atoms with Gasteiger partial charge in [-0.2, -0.15) is 0 Å². The third kappa shape index (κ3) is 5.63. The van der Waals surface area contributed by atoms with Crippen LogP contribution in [0.1, 0.15) is 43.2 Å². The Morgan fingerprint density at radius 3 is 2.65 bits per heavy atom. The van der Waals surface area contributed by atoms with Crippen molar-refractivity contribution in [3.8, 4) is 28.7 Å². The third-order valence-electron chi connectivity index (χ3n) is 4.48. The zero-order chi connectivity index (χ0) is 22.4. The molecule has 7 heteroatoms. The fourth-order valence-electron chi connectivity index (χ4n) is 3.09. The number of oxazole rings is 1. The van der Waals surface area contributed by atoms with Gasteiger partial charge < -0.3 is 18.6 Å². The highest BCUT2D eigenvalue weighted by atomic mass is 19.1. The summed E-state index contributed by atoms with van der Waals surface area (Å²) < 4.78 is 35.6. The third-order valence-corrected chi connectivity index (χ3v) is 4.48. The van der Waals surface area contributed by atoms with Crippen molar-refractivity contribution in [2.24, 2.45) is 0 Å². The van der Waals surface area contributed by atoms with E-state index >= 15 is 0 Å². The average Bonchev–Trinajstić information content (AvgIpc) is 3.21. The van der Waals surface area contributed by atoms with Crippen LogP contribution >= 0.6 is 0 Å². The number of rotatable bonds is 10. The molecule has 1 aromatic heterocycles. The number of aryl methyl sites for hydroxylation is 1. The number of hydrogen-bond acceptors (Lipinski definition) is 6. The SMILES string of the molecule is CCOc1cc(-c2nc(CCC(=O)c3ccc(F)cc3OC(C)C)co2)ccc1OC. The number of carbonyl (C=O) groups is 1. The molecule has 3 rings (SSSR count). The summed E-state index contributed by atoms with van der Waals surface area (Å²) in [6.07, 6.45) is 1.94. The van der Waals surface area contributed by atoms with E-state index in [1.807, 2.05) is 26.8 Å². The molecular formula is C24H26FNO5. The summed E-state index contributed by atoms with van der Waals surface area (Å²) in [6.45, 7) is 6.05. The largest absolute Gasteiger partial charge is 0.493 e. The quantitative estimate of drug-likeness (QED) is 0.399. The maximum absolute atomic E-state index is 13.6. The van der Waals surface area contributed by atoms with Gasteiger partial charge in [-0.05, 0) is 51.1 Å². The van der Waals surface area contributed by atoms with Crippen molar-refractivity contribution in [3.05, 3.63) is 59.7 Å².